The fraction of sp³-hybridized carbons (Fsp3) is 0.0714. The quantitative estimate of drug-likeness (QED) is 0.640. The number of anilines is 2. The lowest BCUT2D eigenvalue weighted by atomic mass is 10.2. The normalized spacial score (nSPS) is 10.9. The predicted molar refractivity (Wildman–Crippen MR) is 81.9 cm³/mol. The van der Waals surface area contributed by atoms with E-state index in [1.807, 2.05) is 12.1 Å². The highest BCUT2D eigenvalue weighted by Crippen LogP contribution is 2.19. The van der Waals surface area contributed by atoms with Gasteiger partial charge < -0.3 is 16.0 Å². The fourth-order valence-corrected chi connectivity index (χ4v) is 2.38. The number of rotatable bonds is 3. The maximum atomic E-state index is 13.6. The van der Waals surface area contributed by atoms with Crippen LogP contribution in [-0.2, 0) is 6.54 Å². The SMILES string of the molecule is Nc1ccc2nc(NCc3cc(Br)ccc3F)[nH]c2c1. The van der Waals surface area contributed by atoms with E-state index < -0.39 is 0 Å². The Kier molecular flexibility index (Phi) is 3.31. The van der Waals surface area contributed by atoms with Crippen molar-refractivity contribution in [2.75, 3.05) is 11.1 Å². The van der Waals surface area contributed by atoms with Gasteiger partial charge in [-0.05, 0) is 36.4 Å². The topological polar surface area (TPSA) is 66.7 Å². The molecule has 0 spiro atoms. The van der Waals surface area contributed by atoms with Crippen LogP contribution in [0, 0.1) is 5.82 Å². The van der Waals surface area contributed by atoms with Gasteiger partial charge in [0.2, 0.25) is 5.95 Å². The molecular weight excluding hydrogens is 323 g/mol. The second kappa shape index (κ2) is 5.13. The number of imidazole rings is 1. The van der Waals surface area contributed by atoms with Crippen molar-refractivity contribution in [2.24, 2.45) is 0 Å². The van der Waals surface area contributed by atoms with Crippen LogP contribution >= 0.6 is 15.9 Å². The largest absolute Gasteiger partial charge is 0.399 e. The summed E-state index contributed by atoms with van der Waals surface area (Å²) in [5, 5.41) is 3.07. The Hall–Kier alpha value is -2.08. The number of nitrogen functional groups attached to an aromatic ring is 1. The number of aromatic amines is 1. The van der Waals surface area contributed by atoms with Crippen molar-refractivity contribution in [3.8, 4) is 0 Å². The van der Waals surface area contributed by atoms with Crippen molar-refractivity contribution in [1.82, 2.24) is 9.97 Å². The number of H-pyrrole nitrogens is 1. The summed E-state index contributed by atoms with van der Waals surface area (Å²) in [6.07, 6.45) is 0. The molecule has 0 aliphatic rings. The minimum Gasteiger partial charge on any atom is -0.399 e. The van der Waals surface area contributed by atoms with E-state index in [1.54, 1.807) is 18.2 Å². The molecule has 4 nitrogen and oxygen atoms in total. The van der Waals surface area contributed by atoms with Gasteiger partial charge in [-0.25, -0.2) is 9.37 Å². The molecular formula is C14H12BrFN4. The fourth-order valence-electron chi connectivity index (χ4n) is 1.97. The van der Waals surface area contributed by atoms with Gasteiger partial charge in [0.25, 0.3) is 0 Å². The van der Waals surface area contributed by atoms with E-state index in [-0.39, 0.29) is 5.82 Å². The molecule has 0 radical (unpaired) electrons. The molecule has 1 aromatic heterocycles. The standard InChI is InChI=1S/C14H12BrFN4/c15-9-1-3-11(16)8(5-9)7-18-14-19-12-4-2-10(17)6-13(12)20-14/h1-6H,7,17H2,(H2,18,19,20). The Morgan fingerprint density at radius 2 is 2.10 bits per heavy atom. The number of hydrogen-bond acceptors (Lipinski definition) is 3. The molecule has 3 aromatic rings. The highest BCUT2D eigenvalue weighted by molar-refractivity contribution is 9.10. The molecule has 0 saturated heterocycles. The summed E-state index contributed by atoms with van der Waals surface area (Å²) in [5.74, 6) is 0.339. The zero-order valence-corrected chi connectivity index (χ0v) is 12.0. The van der Waals surface area contributed by atoms with Gasteiger partial charge in [-0.3, -0.25) is 0 Å². The Morgan fingerprint density at radius 1 is 1.25 bits per heavy atom. The molecule has 1 heterocycles. The summed E-state index contributed by atoms with van der Waals surface area (Å²) in [7, 11) is 0. The Balaban J connectivity index is 1.81. The van der Waals surface area contributed by atoms with Gasteiger partial charge in [0.1, 0.15) is 5.82 Å². The van der Waals surface area contributed by atoms with Crippen LogP contribution < -0.4 is 11.1 Å². The molecule has 0 aliphatic heterocycles. The summed E-state index contributed by atoms with van der Waals surface area (Å²) >= 11 is 3.33. The van der Waals surface area contributed by atoms with Crippen LogP contribution in [0.1, 0.15) is 5.56 Å². The zero-order valence-electron chi connectivity index (χ0n) is 10.5. The lowest BCUT2D eigenvalue weighted by Crippen LogP contribution is -2.03. The maximum Gasteiger partial charge on any atom is 0.201 e. The number of benzene rings is 2. The van der Waals surface area contributed by atoms with Crippen LogP contribution in [0.4, 0.5) is 16.0 Å². The van der Waals surface area contributed by atoms with E-state index in [0.717, 1.165) is 15.5 Å². The van der Waals surface area contributed by atoms with Gasteiger partial charge in [-0.2, -0.15) is 0 Å². The molecule has 4 N–H and O–H groups in total. The summed E-state index contributed by atoms with van der Waals surface area (Å²) in [6, 6.07) is 10.3. The van der Waals surface area contributed by atoms with Crippen molar-refractivity contribution in [3.05, 3.63) is 52.3 Å². The van der Waals surface area contributed by atoms with E-state index in [1.165, 1.54) is 6.07 Å². The van der Waals surface area contributed by atoms with E-state index in [4.69, 9.17) is 5.73 Å². The molecule has 2 aromatic carbocycles. The molecule has 0 unspecified atom stereocenters. The van der Waals surface area contributed by atoms with Gasteiger partial charge in [0.05, 0.1) is 11.0 Å². The van der Waals surface area contributed by atoms with Crippen LogP contribution in [0.2, 0.25) is 0 Å². The van der Waals surface area contributed by atoms with Crippen molar-refractivity contribution in [3.63, 3.8) is 0 Å². The molecule has 20 heavy (non-hydrogen) atoms. The lowest BCUT2D eigenvalue weighted by molar-refractivity contribution is 0.612. The molecule has 6 heteroatoms. The number of nitrogens with two attached hydrogens (primary N) is 1. The van der Waals surface area contributed by atoms with Crippen molar-refractivity contribution < 1.29 is 4.39 Å². The minimum absolute atomic E-state index is 0.249. The predicted octanol–water partition coefficient (Wildman–Crippen LogP) is 3.66. The summed E-state index contributed by atoms with van der Waals surface area (Å²) in [6.45, 7) is 0.348. The third-order valence-corrected chi connectivity index (χ3v) is 3.45. The van der Waals surface area contributed by atoms with E-state index >= 15 is 0 Å². The molecule has 102 valence electrons. The highest BCUT2D eigenvalue weighted by Gasteiger charge is 2.06. The molecule has 0 atom stereocenters. The molecule has 0 fully saturated rings. The molecule has 0 saturated carbocycles. The number of nitrogens with zero attached hydrogens (tertiary/aromatic N) is 1. The average Bonchev–Trinajstić information content (AvgIpc) is 2.81. The summed E-state index contributed by atoms with van der Waals surface area (Å²) < 4.78 is 14.5. The van der Waals surface area contributed by atoms with Crippen LogP contribution in [0.3, 0.4) is 0 Å². The van der Waals surface area contributed by atoms with Crippen LogP contribution in [0.5, 0.6) is 0 Å². The first-order chi connectivity index (χ1) is 9.61. The molecule has 0 amide bonds. The van der Waals surface area contributed by atoms with E-state index in [0.29, 0.717) is 23.7 Å². The number of halogens is 2. The monoisotopic (exact) mass is 334 g/mol. The molecule has 0 aliphatic carbocycles. The van der Waals surface area contributed by atoms with E-state index in [2.05, 4.69) is 31.2 Å². The Labute approximate surface area is 123 Å². The van der Waals surface area contributed by atoms with Gasteiger partial charge in [-0.1, -0.05) is 15.9 Å². The number of nitrogens with one attached hydrogen (secondary N) is 2. The van der Waals surface area contributed by atoms with Crippen LogP contribution in [0.15, 0.2) is 40.9 Å². The molecule has 0 bridgehead atoms. The zero-order chi connectivity index (χ0) is 14.1. The smallest absolute Gasteiger partial charge is 0.201 e. The summed E-state index contributed by atoms with van der Waals surface area (Å²) in [4.78, 5) is 7.47. The van der Waals surface area contributed by atoms with Gasteiger partial charge in [-0.15, -0.1) is 0 Å². The Morgan fingerprint density at radius 3 is 2.95 bits per heavy atom. The summed E-state index contributed by atoms with van der Waals surface area (Å²) in [5.41, 5.74) is 8.62. The third kappa shape index (κ3) is 2.60. The van der Waals surface area contributed by atoms with Crippen molar-refractivity contribution in [2.45, 2.75) is 6.54 Å². The van der Waals surface area contributed by atoms with Crippen LogP contribution in [0.25, 0.3) is 11.0 Å². The third-order valence-electron chi connectivity index (χ3n) is 2.96. The van der Waals surface area contributed by atoms with Gasteiger partial charge in [0, 0.05) is 22.3 Å². The number of hydrogen-bond donors (Lipinski definition) is 3. The number of fused-ring (bicyclic) bond motifs is 1. The number of aromatic nitrogens is 2. The van der Waals surface area contributed by atoms with Crippen LogP contribution in [-0.4, -0.2) is 9.97 Å². The van der Waals surface area contributed by atoms with Gasteiger partial charge in [0.15, 0.2) is 0 Å². The van der Waals surface area contributed by atoms with E-state index in [9.17, 15) is 4.39 Å². The minimum atomic E-state index is -0.249. The second-order valence-electron chi connectivity index (χ2n) is 4.45. The first-order valence-electron chi connectivity index (χ1n) is 6.05. The molecule has 3 rings (SSSR count). The maximum absolute atomic E-state index is 13.6. The second-order valence-corrected chi connectivity index (χ2v) is 5.37. The van der Waals surface area contributed by atoms with Crippen molar-refractivity contribution in [1.29, 1.82) is 0 Å². The highest BCUT2D eigenvalue weighted by atomic mass is 79.9. The average molecular weight is 335 g/mol. The Bertz CT molecular complexity index is 769. The van der Waals surface area contributed by atoms with Gasteiger partial charge >= 0.3 is 0 Å². The van der Waals surface area contributed by atoms with Crippen molar-refractivity contribution >= 4 is 38.6 Å². The first kappa shape index (κ1) is 12.9. The first-order valence-corrected chi connectivity index (χ1v) is 6.84. The lowest BCUT2D eigenvalue weighted by Gasteiger charge is -2.05.